The van der Waals surface area contributed by atoms with Crippen LogP contribution in [0.1, 0.15) is 45.0 Å². The molecular weight excluding hydrogens is 532 g/mol. The van der Waals surface area contributed by atoms with Crippen LogP contribution in [0, 0.1) is 6.92 Å². The van der Waals surface area contributed by atoms with Crippen molar-refractivity contribution in [2.24, 2.45) is 0 Å². The Balaban J connectivity index is 1.31. The fourth-order valence-corrected chi connectivity index (χ4v) is 6.76. The molecule has 1 aliphatic heterocycles. The molecule has 1 fully saturated rings. The summed E-state index contributed by atoms with van der Waals surface area (Å²) in [6.45, 7) is 4.23. The van der Waals surface area contributed by atoms with E-state index in [1.54, 1.807) is 23.5 Å². The van der Waals surface area contributed by atoms with Crippen LogP contribution in [0.3, 0.4) is 0 Å². The number of thiazole rings is 1. The van der Waals surface area contributed by atoms with Crippen LogP contribution in [0.25, 0.3) is 17.0 Å². The van der Waals surface area contributed by atoms with Gasteiger partial charge >= 0.3 is 0 Å². The van der Waals surface area contributed by atoms with Gasteiger partial charge in [0.1, 0.15) is 16.3 Å². The van der Waals surface area contributed by atoms with Gasteiger partial charge < -0.3 is 20.7 Å². The lowest BCUT2D eigenvalue weighted by Crippen LogP contribution is -2.35. The first-order chi connectivity index (χ1) is 19.8. The van der Waals surface area contributed by atoms with E-state index in [1.165, 1.54) is 5.56 Å². The highest BCUT2D eigenvalue weighted by molar-refractivity contribution is 7.10. The third-order valence-electron chi connectivity index (χ3n) is 7.77. The van der Waals surface area contributed by atoms with Crippen molar-refractivity contribution in [1.82, 2.24) is 19.3 Å². The number of aromatic nitrogens is 3. The molecule has 5 aromatic rings. The number of hydrogen-bond donors (Lipinski definition) is 2. The number of imidazole rings is 1. The Kier molecular flexibility index (Phi) is 7.33. The quantitative estimate of drug-likeness (QED) is 0.243. The molecule has 1 aliphatic rings. The van der Waals surface area contributed by atoms with Crippen molar-refractivity contribution in [3.8, 4) is 11.4 Å². The van der Waals surface area contributed by atoms with E-state index in [0.29, 0.717) is 30.2 Å². The molecule has 0 spiro atoms. The molecule has 0 aliphatic carbocycles. The summed E-state index contributed by atoms with van der Waals surface area (Å²) < 4.78 is 7.92. The number of pyridine rings is 1. The van der Waals surface area contributed by atoms with Crippen LogP contribution in [0.2, 0.25) is 0 Å². The van der Waals surface area contributed by atoms with Gasteiger partial charge in [-0.3, -0.25) is 9.20 Å². The Labute approximate surface area is 243 Å². The van der Waals surface area contributed by atoms with Gasteiger partial charge in [-0.25, -0.2) is 9.97 Å². The number of benzene rings is 2. The third kappa shape index (κ3) is 5.24. The third-order valence-corrected chi connectivity index (χ3v) is 8.82. The molecule has 0 atom stereocenters. The first-order valence-electron chi connectivity index (χ1n) is 13.8. The first-order valence-corrected chi connectivity index (χ1v) is 14.6. The van der Waals surface area contributed by atoms with Crippen molar-refractivity contribution in [3.05, 3.63) is 99.6 Å². The Bertz CT molecular complexity index is 1700. The number of hydrogen-bond acceptors (Lipinski definition) is 7. The maximum atomic E-state index is 12.9. The second-order valence-electron chi connectivity index (χ2n) is 10.9. The highest BCUT2D eigenvalue weighted by atomic mass is 32.1. The second kappa shape index (κ2) is 11.1. The number of nitrogens with two attached hydrogens (primary N) is 1. The summed E-state index contributed by atoms with van der Waals surface area (Å²) in [5.41, 5.74) is 13.6. The van der Waals surface area contributed by atoms with Gasteiger partial charge in [-0.1, -0.05) is 24.3 Å². The molecule has 0 unspecified atom stereocenters. The first kappa shape index (κ1) is 27.1. The number of anilines is 2. The normalized spacial score (nSPS) is 14.9. The van der Waals surface area contributed by atoms with Crippen LogP contribution < -0.4 is 11.1 Å². The monoisotopic (exact) mass is 566 g/mol. The minimum Gasteiger partial charge on any atom is -0.397 e. The molecule has 8 nitrogen and oxygen atoms in total. The van der Waals surface area contributed by atoms with Gasteiger partial charge in [0.25, 0.3) is 5.91 Å². The number of nitrogens with one attached hydrogen (secondary N) is 1. The average molecular weight is 567 g/mol. The van der Waals surface area contributed by atoms with Gasteiger partial charge in [0.05, 0.1) is 28.2 Å². The van der Waals surface area contributed by atoms with E-state index in [9.17, 15) is 4.79 Å². The van der Waals surface area contributed by atoms with Crippen LogP contribution in [0.5, 0.6) is 0 Å². The molecule has 0 radical (unpaired) electrons. The van der Waals surface area contributed by atoms with Crippen molar-refractivity contribution in [2.45, 2.75) is 31.7 Å². The lowest BCUT2D eigenvalue weighted by molar-refractivity contribution is 0.0630. The largest absolute Gasteiger partial charge is 0.397 e. The molecule has 4 heterocycles. The summed E-state index contributed by atoms with van der Waals surface area (Å²) >= 11 is 1.68. The summed E-state index contributed by atoms with van der Waals surface area (Å²) in [5.74, 6) is -0.191. The molecule has 210 valence electrons. The Morgan fingerprint density at radius 3 is 2.59 bits per heavy atom. The summed E-state index contributed by atoms with van der Waals surface area (Å²) in [5, 5.41) is 6.11. The highest BCUT2D eigenvalue weighted by Crippen LogP contribution is 2.44. The van der Waals surface area contributed by atoms with Gasteiger partial charge in [0.2, 0.25) is 0 Å². The summed E-state index contributed by atoms with van der Waals surface area (Å²) in [6.07, 6.45) is 3.75. The lowest BCUT2D eigenvalue weighted by Gasteiger charge is -2.36. The molecule has 3 aromatic heterocycles. The molecule has 3 N–H and O–H groups in total. The molecule has 1 amide bonds. The van der Waals surface area contributed by atoms with Crippen LogP contribution in [0.15, 0.2) is 72.2 Å². The van der Waals surface area contributed by atoms with Crippen molar-refractivity contribution in [2.75, 3.05) is 38.4 Å². The fourth-order valence-electron chi connectivity index (χ4n) is 5.67. The topological polar surface area (TPSA) is 97.8 Å². The molecular formula is C32H34N6O2S. The predicted molar refractivity (Wildman–Crippen MR) is 165 cm³/mol. The number of amides is 1. The lowest BCUT2D eigenvalue weighted by atomic mass is 9.74. The Morgan fingerprint density at radius 1 is 1.10 bits per heavy atom. The van der Waals surface area contributed by atoms with Crippen molar-refractivity contribution < 1.29 is 9.53 Å². The van der Waals surface area contributed by atoms with E-state index < -0.39 is 0 Å². The van der Waals surface area contributed by atoms with Crippen molar-refractivity contribution in [3.63, 3.8) is 0 Å². The molecule has 0 saturated carbocycles. The van der Waals surface area contributed by atoms with Gasteiger partial charge in [-0.15, -0.1) is 11.3 Å². The van der Waals surface area contributed by atoms with Crippen LogP contribution in [0.4, 0.5) is 11.4 Å². The average Bonchev–Trinajstić information content (AvgIpc) is 3.58. The molecule has 6 rings (SSSR count). The van der Waals surface area contributed by atoms with E-state index in [2.05, 4.69) is 64.6 Å². The molecule has 2 aromatic carbocycles. The van der Waals surface area contributed by atoms with Gasteiger partial charge in [-0.2, -0.15) is 0 Å². The zero-order chi connectivity index (χ0) is 28.6. The number of rotatable bonds is 7. The predicted octanol–water partition coefficient (Wildman–Crippen LogP) is 5.76. The van der Waals surface area contributed by atoms with Crippen LogP contribution in [-0.2, 0) is 16.7 Å². The number of aryl methyl sites for hydroxylation is 1. The molecule has 9 heteroatoms. The zero-order valence-electron chi connectivity index (χ0n) is 23.6. The SMILES string of the molecule is Cc1nc2cc(CN(C)C)ccn2c1-c1csc(C2(c3ccc(C(=O)Nc4ccccc4N)cc3)CCOCC2)n1. The standard InChI is InChI=1S/C32H34N6O2S/c1-21-29(38-15-12-22(19-37(2)3)18-28(38)34-21)27-20-41-31(36-27)32(13-16-40-17-14-32)24-10-8-23(9-11-24)30(39)35-26-7-5-4-6-25(26)33/h4-12,15,18,20H,13-14,16-17,19,33H2,1-3H3,(H,35,39). The van der Waals surface area contributed by atoms with E-state index in [-0.39, 0.29) is 11.3 Å². The van der Waals surface area contributed by atoms with Gasteiger partial charge in [0.15, 0.2) is 0 Å². The minimum atomic E-state index is -0.284. The summed E-state index contributed by atoms with van der Waals surface area (Å²) in [6, 6.07) is 19.4. The van der Waals surface area contributed by atoms with E-state index in [4.69, 9.17) is 20.4 Å². The second-order valence-corrected chi connectivity index (χ2v) is 11.8. The van der Waals surface area contributed by atoms with E-state index in [0.717, 1.165) is 52.7 Å². The summed E-state index contributed by atoms with van der Waals surface area (Å²) in [4.78, 5) is 25.2. The summed E-state index contributed by atoms with van der Waals surface area (Å²) in [7, 11) is 4.14. The van der Waals surface area contributed by atoms with Crippen LogP contribution >= 0.6 is 11.3 Å². The Morgan fingerprint density at radius 2 is 1.85 bits per heavy atom. The van der Waals surface area contributed by atoms with Crippen LogP contribution in [-0.4, -0.2) is 52.5 Å². The number of carbonyl (C=O) groups is 1. The maximum absolute atomic E-state index is 12.9. The Hall–Kier alpha value is -4.05. The van der Waals surface area contributed by atoms with Gasteiger partial charge in [-0.05, 0) is 81.4 Å². The van der Waals surface area contributed by atoms with E-state index in [1.807, 2.05) is 31.2 Å². The number of nitrogens with zero attached hydrogens (tertiary/aromatic N) is 4. The van der Waals surface area contributed by atoms with Crippen molar-refractivity contribution in [1.29, 1.82) is 0 Å². The zero-order valence-corrected chi connectivity index (χ0v) is 24.4. The molecule has 1 saturated heterocycles. The maximum Gasteiger partial charge on any atom is 0.255 e. The minimum absolute atomic E-state index is 0.191. The molecule has 0 bridgehead atoms. The number of para-hydroxylation sites is 2. The van der Waals surface area contributed by atoms with Gasteiger partial charge in [0, 0.05) is 36.9 Å². The number of fused-ring (bicyclic) bond motifs is 1. The molecule has 41 heavy (non-hydrogen) atoms. The fraction of sp³-hybridized carbons (Fsp3) is 0.281. The number of nitrogen functional groups attached to an aromatic ring is 1. The smallest absolute Gasteiger partial charge is 0.255 e. The number of carbonyl (C=O) groups excluding carboxylic acids is 1. The van der Waals surface area contributed by atoms with Crippen molar-refractivity contribution >= 4 is 34.3 Å². The highest BCUT2D eigenvalue weighted by Gasteiger charge is 2.39. The number of ether oxygens (including phenoxy) is 1. The van der Waals surface area contributed by atoms with E-state index >= 15 is 0 Å².